The summed E-state index contributed by atoms with van der Waals surface area (Å²) in [5, 5.41) is 8.25. The third-order valence-electron chi connectivity index (χ3n) is 6.69. The number of nitrogens with one attached hydrogen (secondary N) is 3. The number of hydrogen-bond donors (Lipinski definition) is 3. The molecule has 0 aromatic heterocycles. The van der Waals surface area contributed by atoms with Crippen LogP contribution < -0.4 is 16.0 Å². The van der Waals surface area contributed by atoms with Gasteiger partial charge in [0, 0.05) is 21.8 Å². The highest BCUT2D eigenvalue weighted by molar-refractivity contribution is 8.00. The molecule has 6 nitrogen and oxygen atoms in total. The van der Waals surface area contributed by atoms with Gasteiger partial charge in [-0.25, -0.2) is 0 Å². The maximum atomic E-state index is 13.4. The van der Waals surface area contributed by atoms with Gasteiger partial charge >= 0.3 is 0 Å². The van der Waals surface area contributed by atoms with Crippen molar-refractivity contribution >= 4 is 46.9 Å². The van der Waals surface area contributed by atoms with E-state index in [1.165, 1.54) is 11.8 Å². The number of carbonyl (C=O) groups is 3. The Balaban J connectivity index is 1.28. The lowest BCUT2D eigenvalue weighted by molar-refractivity contribution is -0.115. The zero-order valence-electron chi connectivity index (χ0n) is 24.1. The SMILES string of the molecule is CC(Sc1ccc(NC(=O)/C(=C/c2ccc(-c3ccccc3)cc2)NC(=O)c2ccccc2)cc1)C(=O)Nc1ccccc1. The highest BCUT2D eigenvalue weighted by atomic mass is 32.2. The van der Waals surface area contributed by atoms with Crippen molar-refractivity contribution in [3.63, 3.8) is 0 Å². The Kier molecular flexibility index (Phi) is 10.0. The van der Waals surface area contributed by atoms with Gasteiger partial charge in [0.25, 0.3) is 11.8 Å². The molecule has 5 rings (SSSR count). The van der Waals surface area contributed by atoms with Crippen molar-refractivity contribution in [2.24, 2.45) is 0 Å². The molecule has 1 unspecified atom stereocenters. The first kappa shape index (κ1) is 30.1. The summed E-state index contributed by atoms with van der Waals surface area (Å²) in [4.78, 5) is 39.9. The monoisotopic (exact) mass is 597 g/mol. The van der Waals surface area contributed by atoms with Gasteiger partial charge in [0.15, 0.2) is 0 Å². The first-order chi connectivity index (χ1) is 21.4. The lowest BCUT2D eigenvalue weighted by atomic mass is 10.0. The Hall–Kier alpha value is -5.40. The minimum atomic E-state index is -0.461. The number of carbonyl (C=O) groups excluding carboxylic acids is 3. The lowest BCUT2D eigenvalue weighted by Gasteiger charge is -2.13. The van der Waals surface area contributed by atoms with E-state index in [0.29, 0.717) is 11.3 Å². The Bertz CT molecular complexity index is 1740. The molecule has 0 fully saturated rings. The number of thioether (sulfide) groups is 1. The molecule has 1 atom stereocenters. The third kappa shape index (κ3) is 8.33. The standard InChI is InChI=1S/C37H31N3O3S/c1-26(35(41)38-31-15-9-4-10-16-31)44-33-23-21-32(22-24-33)39-37(43)34(40-36(42)30-13-7-3-8-14-30)25-27-17-19-29(20-18-27)28-11-5-2-6-12-28/h2-26H,1H3,(H,38,41)(H,39,43)(H,40,42)/b34-25-. The van der Waals surface area contributed by atoms with Crippen LogP contribution in [0.5, 0.6) is 0 Å². The normalized spacial score (nSPS) is 11.7. The summed E-state index contributed by atoms with van der Waals surface area (Å²) in [5.41, 5.74) is 4.75. The summed E-state index contributed by atoms with van der Waals surface area (Å²) in [6.45, 7) is 1.84. The van der Waals surface area contributed by atoms with Crippen molar-refractivity contribution in [3.8, 4) is 11.1 Å². The molecule has 7 heteroatoms. The lowest BCUT2D eigenvalue weighted by Crippen LogP contribution is -2.30. The smallest absolute Gasteiger partial charge is 0.272 e. The summed E-state index contributed by atoms with van der Waals surface area (Å²) in [5.74, 6) is -0.945. The largest absolute Gasteiger partial charge is 0.325 e. The molecule has 0 aliphatic heterocycles. The van der Waals surface area contributed by atoms with Crippen molar-refractivity contribution in [1.29, 1.82) is 0 Å². The molecule has 3 amide bonds. The van der Waals surface area contributed by atoms with Crippen molar-refractivity contribution in [3.05, 3.63) is 156 Å². The Labute approximate surface area is 261 Å². The van der Waals surface area contributed by atoms with E-state index in [1.807, 2.05) is 110 Å². The van der Waals surface area contributed by atoms with Crippen LogP contribution in [-0.4, -0.2) is 23.0 Å². The fourth-order valence-electron chi connectivity index (χ4n) is 4.35. The molecule has 0 aliphatic carbocycles. The number of benzene rings is 5. The minimum absolute atomic E-state index is 0.0979. The first-order valence-electron chi connectivity index (χ1n) is 14.1. The number of amides is 3. The molecule has 0 aliphatic rings. The minimum Gasteiger partial charge on any atom is -0.325 e. The van der Waals surface area contributed by atoms with E-state index in [2.05, 4.69) is 16.0 Å². The van der Waals surface area contributed by atoms with Gasteiger partial charge in [-0.1, -0.05) is 91.0 Å². The van der Waals surface area contributed by atoms with Gasteiger partial charge < -0.3 is 16.0 Å². The molecule has 5 aromatic carbocycles. The van der Waals surface area contributed by atoms with Gasteiger partial charge in [-0.2, -0.15) is 0 Å². The molecule has 0 saturated carbocycles. The molecule has 44 heavy (non-hydrogen) atoms. The predicted molar refractivity (Wildman–Crippen MR) is 179 cm³/mol. The molecule has 0 spiro atoms. The van der Waals surface area contributed by atoms with Gasteiger partial charge in [0.05, 0.1) is 5.25 Å². The van der Waals surface area contributed by atoms with Crippen LogP contribution in [0.2, 0.25) is 0 Å². The van der Waals surface area contributed by atoms with E-state index in [-0.39, 0.29) is 22.8 Å². The Morgan fingerprint density at radius 3 is 1.80 bits per heavy atom. The average molecular weight is 598 g/mol. The molecular weight excluding hydrogens is 566 g/mol. The summed E-state index contributed by atoms with van der Waals surface area (Å²) in [6, 6.07) is 43.1. The van der Waals surface area contributed by atoms with Gasteiger partial charge in [0.1, 0.15) is 5.70 Å². The maximum Gasteiger partial charge on any atom is 0.272 e. The molecular formula is C37H31N3O3S. The molecule has 3 N–H and O–H groups in total. The average Bonchev–Trinajstić information content (AvgIpc) is 3.07. The molecule has 5 aromatic rings. The maximum absolute atomic E-state index is 13.4. The number of rotatable bonds is 10. The number of hydrogen-bond acceptors (Lipinski definition) is 4. The van der Waals surface area contributed by atoms with Crippen LogP contribution in [0.3, 0.4) is 0 Å². The second kappa shape index (κ2) is 14.7. The van der Waals surface area contributed by atoms with E-state index in [0.717, 1.165) is 27.3 Å². The van der Waals surface area contributed by atoms with Crippen molar-refractivity contribution in [1.82, 2.24) is 5.32 Å². The fraction of sp³-hybridized carbons (Fsp3) is 0.0541. The third-order valence-corrected chi connectivity index (χ3v) is 7.81. The van der Waals surface area contributed by atoms with Gasteiger partial charge in [-0.3, -0.25) is 14.4 Å². The van der Waals surface area contributed by atoms with Crippen LogP contribution in [0.4, 0.5) is 11.4 Å². The summed E-state index contributed by atoms with van der Waals surface area (Å²) >= 11 is 1.42. The Morgan fingerprint density at radius 1 is 0.614 bits per heavy atom. The van der Waals surface area contributed by atoms with Gasteiger partial charge in [0.2, 0.25) is 5.91 Å². The van der Waals surface area contributed by atoms with E-state index in [1.54, 1.807) is 42.5 Å². The predicted octanol–water partition coefficient (Wildman–Crippen LogP) is 7.88. The Morgan fingerprint density at radius 2 is 1.16 bits per heavy atom. The van der Waals surface area contributed by atoms with Gasteiger partial charge in [-0.05, 0) is 78.2 Å². The fourth-order valence-corrected chi connectivity index (χ4v) is 5.22. The topological polar surface area (TPSA) is 87.3 Å². The summed E-state index contributed by atoms with van der Waals surface area (Å²) in [7, 11) is 0. The van der Waals surface area contributed by atoms with Crippen molar-refractivity contribution in [2.75, 3.05) is 10.6 Å². The summed E-state index contributed by atoms with van der Waals surface area (Å²) in [6.07, 6.45) is 1.65. The van der Waals surface area contributed by atoms with E-state index in [9.17, 15) is 14.4 Å². The van der Waals surface area contributed by atoms with Crippen LogP contribution in [0.25, 0.3) is 17.2 Å². The van der Waals surface area contributed by atoms with Crippen molar-refractivity contribution < 1.29 is 14.4 Å². The van der Waals surface area contributed by atoms with Crippen molar-refractivity contribution in [2.45, 2.75) is 17.1 Å². The van der Waals surface area contributed by atoms with Crippen LogP contribution in [-0.2, 0) is 9.59 Å². The zero-order valence-corrected chi connectivity index (χ0v) is 24.9. The summed E-state index contributed by atoms with van der Waals surface area (Å²) < 4.78 is 0. The highest BCUT2D eigenvalue weighted by Crippen LogP contribution is 2.26. The van der Waals surface area contributed by atoms with Crippen LogP contribution in [0, 0.1) is 0 Å². The van der Waals surface area contributed by atoms with Crippen LogP contribution in [0.15, 0.2) is 150 Å². The van der Waals surface area contributed by atoms with Crippen LogP contribution >= 0.6 is 11.8 Å². The highest BCUT2D eigenvalue weighted by Gasteiger charge is 2.17. The number of anilines is 2. The molecule has 0 saturated heterocycles. The molecule has 0 heterocycles. The van der Waals surface area contributed by atoms with E-state index < -0.39 is 5.91 Å². The molecule has 0 bridgehead atoms. The molecule has 218 valence electrons. The number of para-hydroxylation sites is 1. The first-order valence-corrected chi connectivity index (χ1v) is 15.0. The second-order valence-corrected chi connectivity index (χ2v) is 11.4. The second-order valence-electron chi connectivity index (χ2n) is 9.96. The van der Waals surface area contributed by atoms with E-state index in [4.69, 9.17) is 0 Å². The zero-order chi connectivity index (χ0) is 30.7. The molecule has 0 radical (unpaired) electrons. The van der Waals surface area contributed by atoms with Gasteiger partial charge in [-0.15, -0.1) is 11.8 Å². The quantitative estimate of drug-likeness (QED) is 0.113. The van der Waals surface area contributed by atoms with E-state index >= 15 is 0 Å². The van der Waals surface area contributed by atoms with Crippen LogP contribution in [0.1, 0.15) is 22.8 Å².